The maximum absolute atomic E-state index is 10.5. The molecule has 5 heteroatoms. The number of hydrogen-bond donors (Lipinski definition) is 1. The quantitative estimate of drug-likeness (QED) is 0.718. The first-order valence-corrected chi connectivity index (χ1v) is 8.03. The molecular weight excluding hydrogens is 304 g/mol. The summed E-state index contributed by atoms with van der Waals surface area (Å²) in [4.78, 5) is 2.18. The van der Waals surface area contributed by atoms with Gasteiger partial charge in [0.2, 0.25) is 0 Å². The lowest BCUT2D eigenvalue weighted by Gasteiger charge is -2.24. The Hall–Kier alpha value is -2.37. The average molecular weight is 326 g/mol. The van der Waals surface area contributed by atoms with E-state index in [9.17, 15) is 5.11 Å². The number of benzene rings is 1. The summed E-state index contributed by atoms with van der Waals surface area (Å²) >= 11 is 0. The van der Waals surface area contributed by atoms with Crippen molar-refractivity contribution in [3.63, 3.8) is 0 Å². The molecule has 24 heavy (non-hydrogen) atoms. The number of rotatable bonds is 7. The second kappa shape index (κ2) is 7.47. The van der Waals surface area contributed by atoms with E-state index in [0.717, 1.165) is 23.6 Å². The largest absolute Gasteiger partial charge is 0.467 e. The molecule has 1 atom stereocenters. The van der Waals surface area contributed by atoms with E-state index in [1.54, 1.807) is 18.4 Å². The second-order valence-electron chi connectivity index (χ2n) is 5.99. The summed E-state index contributed by atoms with van der Waals surface area (Å²) in [5.74, 6) is 1.39. The molecule has 0 aliphatic carbocycles. The van der Waals surface area contributed by atoms with Crippen molar-refractivity contribution in [1.82, 2.24) is 10.1 Å². The molecule has 1 aromatic carbocycles. The molecule has 0 fully saturated rings. The lowest BCUT2D eigenvalue weighted by molar-refractivity contribution is 0.0870. The van der Waals surface area contributed by atoms with Crippen LogP contribution in [-0.4, -0.2) is 21.7 Å². The SMILES string of the molecule is Cc1noc(C)c1CN(Cc1ccccc1)C[C@H](O)c1ccco1. The molecule has 0 bridgehead atoms. The van der Waals surface area contributed by atoms with Crippen molar-refractivity contribution < 1.29 is 14.0 Å². The highest BCUT2D eigenvalue weighted by Gasteiger charge is 2.19. The fourth-order valence-electron chi connectivity index (χ4n) is 2.79. The number of aryl methyl sites for hydroxylation is 2. The van der Waals surface area contributed by atoms with E-state index < -0.39 is 6.10 Å². The van der Waals surface area contributed by atoms with Crippen LogP contribution in [-0.2, 0) is 13.1 Å². The molecule has 0 spiro atoms. The molecule has 0 radical (unpaired) electrons. The molecule has 0 saturated heterocycles. The van der Waals surface area contributed by atoms with Gasteiger partial charge in [0.1, 0.15) is 17.6 Å². The number of hydrogen-bond acceptors (Lipinski definition) is 5. The summed E-state index contributed by atoms with van der Waals surface area (Å²) < 4.78 is 10.6. The van der Waals surface area contributed by atoms with E-state index >= 15 is 0 Å². The molecule has 0 saturated carbocycles. The fraction of sp³-hybridized carbons (Fsp3) is 0.316. The minimum Gasteiger partial charge on any atom is -0.467 e. The van der Waals surface area contributed by atoms with Crippen molar-refractivity contribution in [2.45, 2.75) is 33.0 Å². The summed E-state index contributed by atoms with van der Waals surface area (Å²) in [5.41, 5.74) is 3.14. The fourth-order valence-corrected chi connectivity index (χ4v) is 2.79. The minimum absolute atomic E-state index is 0.465. The van der Waals surface area contributed by atoms with E-state index in [1.807, 2.05) is 32.0 Å². The lowest BCUT2D eigenvalue weighted by Crippen LogP contribution is -2.28. The number of furan rings is 1. The van der Waals surface area contributed by atoms with Gasteiger partial charge in [-0.05, 0) is 31.5 Å². The molecule has 0 aliphatic heterocycles. The third-order valence-corrected chi connectivity index (χ3v) is 4.11. The van der Waals surface area contributed by atoms with Crippen molar-refractivity contribution in [3.8, 4) is 0 Å². The van der Waals surface area contributed by atoms with Gasteiger partial charge in [-0.15, -0.1) is 0 Å². The monoisotopic (exact) mass is 326 g/mol. The van der Waals surface area contributed by atoms with Crippen LogP contribution in [0, 0.1) is 13.8 Å². The van der Waals surface area contributed by atoms with Gasteiger partial charge < -0.3 is 14.0 Å². The average Bonchev–Trinajstić information content (AvgIpc) is 3.21. The third kappa shape index (κ3) is 3.93. The Labute approximate surface area is 141 Å². The molecule has 2 aromatic heterocycles. The Morgan fingerprint density at radius 1 is 1.08 bits per heavy atom. The van der Waals surface area contributed by atoms with Crippen molar-refractivity contribution in [3.05, 3.63) is 77.1 Å². The van der Waals surface area contributed by atoms with E-state index in [-0.39, 0.29) is 0 Å². The van der Waals surface area contributed by atoms with Crippen molar-refractivity contribution in [1.29, 1.82) is 0 Å². The molecule has 126 valence electrons. The summed E-state index contributed by atoms with van der Waals surface area (Å²) in [6.45, 7) is 5.71. The van der Waals surface area contributed by atoms with Crippen LogP contribution in [0.2, 0.25) is 0 Å². The second-order valence-corrected chi connectivity index (χ2v) is 5.99. The molecule has 0 aliphatic rings. The Bertz CT molecular complexity index is 731. The van der Waals surface area contributed by atoms with Gasteiger partial charge in [-0.1, -0.05) is 35.5 Å². The summed E-state index contributed by atoms with van der Waals surface area (Å²) in [6, 6.07) is 13.8. The summed E-state index contributed by atoms with van der Waals surface area (Å²) in [7, 11) is 0. The van der Waals surface area contributed by atoms with Crippen LogP contribution in [0.25, 0.3) is 0 Å². The van der Waals surface area contributed by atoms with Gasteiger partial charge in [-0.25, -0.2) is 0 Å². The molecule has 1 N–H and O–H groups in total. The van der Waals surface area contributed by atoms with Crippen LogP contribution in [0.15, 0.2) is 57.7 Å². The van der Waals surface area contributed by atoms with Gasteiger partial charge in [0.25, 0.3) is 0 Å². The van der Waals surface area contributed by atoms with Crippen LogP contribution in [0.5, 0.6) is 0 Å². The zero-order valence-electron chi connectivity index (χ0n) is 14.0. The highest BCUT2D eigenvalue weighted by atomic mass is 16.5. The molecule has 0 amide bonds. The maximum Gasteiger partial charge on any atom is 0.138 e. The standard InChI is InChI=1S/C19H22N2O3/c1-14-17(15(2)24-20-14)12-21(11-16-7-4-3-5-8-16)13-18(22)19-9-6-10-23-19/h3-10,18,22H,11-13H2,1-2H3/t18-/m0/s1. The van der Waals surface area contributed by atoms with Crippen molar-refractivity contribution >= 4 is 0 Å². The van der Waals surface area contributed by atoms with Gasteiger partial charge in [0, 0.05) is 25.2 Å². The van der Waals surface area contributed by atoms with E-state index in [1.165, 1.54) is 5.56 Å². The number of aliphatic hydroxyl groups is 1. The molecular formula is C19H22N2O3. The topological polar surface area (TPSA) is 62.6 Å². The Morgan fingerprint density at radius 2 is 1.88 bits per heavy atom. The Balaban J connectivity index is 1.77. The number of aliphatic hydroxyl groups excluding tert-OH is 1. The van der Waals surface area contributed by atoms with E-state index in [0.29, 0.717) is 18.8 Å². The number of aromatic nitrogens is 1. The van der Waals surface area contributed by atoms with Crippen LogP contribution in [0.4, 0.5) is 0 Å². The van der Waals surface area contributed by atoms with Gasteiger partial charge in [0.05, 0.1) is 12.0 Å². The lowest BCUT2D eigenvalue weighted by atomic mass is 10.1. The molecule has 2 heterocycles. The molecule has 3 aromatic rings. The van der Waals surface area contributed by atoms with Gasteiger partial charge in [-0.3, -0.25) is 4.90 Å². The summed E-state index contributed by atoms with van der Waals surface area (Å²) in [6.07, 6.45) is 0.901. The number of nitrogens with zero attached hydrogens (tertiary/aromatic N) is 2. The highest BCUT2D eigenvalue weighted by Crippen LogP contribution is 2.21. The van der Waals surface area contributed by atoms with E-state index in [2.05, 4.69) is 22.2 Å². The molecule has 5 nitrogen and oxygen atoms in total. The predicted octanol–water partition coefficient (Wildman–Crippen LogP) is 3.62. The predicted molar refractivity (Wildman–Crippen MR) is 90.2 cm³/mol. The first kappa shape index (κ1) is 16.5. The zero-order chi connectivity index (χ0) is 16.9. The zero-order valence-corrected chi connectivity index (χ0v) is 14.0. The van der Waals surface area contributed by atoms with Crippen molar-refractivity contribution in [2.24, 2.45) is 0 Å². The minimum atomic E-state index is -0.677. The van der Waals surface area contributed by atoms with Crippen LogP contribution in [0.1, 0.15) is 34.4 Å². The van der Waals surface area contributed by atoms with Gasteiger partial charge >= 0.3 is 0 Å². The van der Waals surface area contributed by atoms with Gasteiger partial charge in [0.15, 0.2) is 0 Å². The van der Waals surface area contributed by atoms with E-state index in [4.69, 9.17) is 8.94 Å². The molecule has 3 rings (SSSR count). The van der Waals surface area contributed by atoms with Crippen LogP contribution >= 0.6 is 0 Å². The Morgan fingerprint density at radius 3 is 2.50 bits per heavy atom. The highest BCUT2D eigenvalue weighted by molar-refractivity contribution is 5.21. The maximum atomic E-state index is 10.5. The molecule has 0 unspecified atom stereocenters. The third-order valence-electron chi connectivity index (χ3n) is 4.11. The Kier molecular flexibility index (Phi) is 5.13. The van der Waals surface area contributed by atoms with Crippen molar-refractivity contribution in [2.75, 3.05) is 6.54 Å². The summed E-state index contributed by atoms with van der Waals surface area (Å²) in [5, 5.41) is 14.5. The first-order valence-electron chi connectivity index (χ1n) is 8.03. The first-order chi connectivity index (χ1) is 11.6. The van der Waals surface area contributed by atoms with Crippen LogP contribution in [0.3, 0.4) is 0 Å². The smallest absolute Gasteiger partial charge is 0.138 e. The van der Waals surface area contributed by atoms with Gasteiger partial charge in [-0.2, -0.15) is 0 Å². The van der Waals surface area contributed by atoms with Crippen LogP contribution < -0.4 is 0 Å². The normalized spacial score (nSPS) is 12.7.